The van der Waals surface area contributed by atoms with Crippen molar-refractivity contribution >= 4 is 22.5 Å². The van der Waals surface area contributed by atoms with E-state index in [-0.39, 0.29) is 5.91 Å². The maximum Gasteiger partial charge on any atom is 0.291 e. The first-order chi connectivity index (χ1) is 11.0. The van der Waals surface area contributed by atoms with Gasteiger partial charge in [0.25, 0.3) is 5.91 Å². The summed E-state index contributed by atoms with van der Waals surface area (Å²) in [5.41, 5.74) is 4.33. The highest BCUT2D eigenvalue weighted by atomic mass is 16.3. The number of aryl methyl sites for hydroxylation is 1. The molecule has 0 bridgehead atoms. The molecule has 0 atom stereocenters. The van der Waals surface area contributed by atoms with Gasteiger partial charge in [-0.25, -0.2) is 0 Å². The second-order valence-corrected chi connectivity index (χ2v) is 5.97. The summed E-state index contributed by atoms with van der Waals surface area (Å²) >= 11 is 0. The van der Waals surface area contributed by atoms with Crippen LogP contribution in [-0.4, -0.2) is 36.4 Å². The minimum atomic E-state index is -0.239. The van der Waals surface area contributed by atoms with E-state index in [9.17, 15) is 4.79 Å². The van der Waals surface area contributed by atoms with Gasteiger partial charge >= 0.3 is 0 Å². The van der Waals surface area contributed by atoms with Gasteiger partial charge in [0.2, 0.25) is 0 Å². The summed E-state index contributed by atoms with van der Waals surface area (Å²) in [7, 11) is 4.14. The van der Waals surface area contributed by atoms with Crippen molar-refractivity contribution in [3.05, 3.63) is 53.6 Å². The van der Waals surface area contributed by atoms with E-state index in [2.05, 4.69) is 36.2 Å². The largest absolute Gasteiger partial charge is 0.459 e. The maximum atomic E-state index is 12.1. The monoisotopic (exact) mass is 311 g/mol. The van der Waals surface area contributed by atoms with Crippen molar-refractivity contribution < 1.29 is 9.21 Å². The predicted molar refractivity (Wildman–Crippen MR) is 92.0 cm³/mol. The molecule has 1 amide bonds. The summed E-state index contributed by atoms with van der Waals surface area (Å²) in [5.74, 6) is 0.0691. The van der Waals surface area contributed by atoms with Crippen LogP contribution in [0.4, 0.5) is 5.69 Å². The van der Waals surface area contributed by atoms with Crippen LogP contribution in [0, 0.1) is 6.92 Å². The molecule has 0 spiro atoms. The Balaban J connectivity index is 1.88. The van der Waals surface area contributed by atoms with Crippen LogP contribution in [0.15, 0.2) is 41.0 Å². The molecule has 0 unspecified atom stereocenters. The number of benzene rings is 1. The third-order valence-corrected chi connectivity index (χ3v) is 3.93. The van der Waals surface area contributed by atoms with Crippen molar-refractivity contribution in [2.75, 3.05) is 26.0 Å². The lowest BCUT2D eigenvalue weighted by atomic mass is 10.1. The number of nitrogens with one attached hydrogen (secondary N) is 2. The molecule has 0 aliphatic rings. The number of aromatic nitrogens is 1. The molecule has 2 N–H and O–H groups in total. The minimum absolute atomic E-state index is 0.239. The first-order valence-electron chi connectivity index (χ1n) is 7.65. The Hall–Kier alpha value is -2.53. The lowest BCUT2D eigenvalue weighted by Gasteiger charge is -2.09. The number of rotatable bonds is 5. The van der Waals surface area contributed by atoms with Crippen LogP contribution in [0.3, 0.4) is 0 Å². The molecule has 0 saturated heterocycles. The normalized spacial score (nSPS) is 11.3. The van der Waals surface area contributed by atoms with Gasteiger partial charge in [0.15, 0.2) is 5.76 Å². The molecule has 2 aromatic heterocycles. The molecule has 0 aliphatic heterocycles. The molecule has 0 saturated carbocycles. The number of carbonyl (C=O) groups excluding carboxylic acids is 1. The molecule has 0 aliphatic carbocycles. The molecule has 23 heavy (non-hydrogen) atoms. The zero-order valence-corrected chi connectivity index (χ0v) is 13.6. The molecular weight excluding hydrogens is 290 g/mol. The fraction of sp³-hybridized carbons (Fsp3) is 0.278. The number of carbonyl (C=O) groups is 1. The van der Waals surface area contributed by atoms with Gasteiger partial charge in [-0.1, -0.05) is 0 Å². The number of nitrogens with zero attached hydrogens (tertiary/aromatic N) is 1. The zero-order chi connectivity index (χ0) is 16.4. The third-order valence-electron chi connectivity index (χ3n) is 3.93. The number of hydrogen-bond acceptors (Lipinski definition) is 3. The summed E-state index contributed by atoms with van der Waals surface area (Å²) in [6.45, 7) is 3.07. The van der Waals surface area contributed by atoms with Gasteiger partial charge in [-0.2, -0.15) is 0 Å². The molecule has 2 heterocycles. The third kappa shape index (κ3) is 3.29. The number of aromatic amines is 1. The molecule has 3 aromatic rings. The smallest absolute Gasteiger partial charge is 0.291 e. The summed E-state index contributed by atoms with van der Waals surface area (Å²) < 4.78 is 5.12. The standard InChI is InChI=1S/C18H21N3O2/c1-12-14(8-9-21(2)3)15-11-13(6-7-16(15)19-12)20-18(22)17-5-4-10-23-17/h4-7,10-11,19H,8-9H2,1-3H3,(H,20,22). The van der Waals surface area contributed by atoms with E-state index in [1.54, 1.807) is 12.1 Å². The van der Waals surface area contributed by atoms with E-state index >= 15 is 0 Å². The molecule has 3 rings (SSSR count). The second-order valence-electron chi connectivity index (χ2n) is 5.97. The quantitative estimate of drug-likeness (QED) is 0.759. The minimum Gasteiger partial charge on any atom is -0.459 e. The number of anilines is 1. The van der Waals surface area contributed by atoms with Crippen LogP contribution in [0.1, 0.15) is 21.8 Å². The van der Waals surface area contributed by atoms with Gasteiger partial charge in [0, 0.05) is 28.8 Å². The molecule has 120 valence electrons. The average Bonchev–Trinajstić information content (AvgIpc) is 3.12. The Labute approximate surface area is 135 Å². The highest BCUT2D eigenvalue weighted by molar-refractivity contribution is 6.03. The Morgan fingerprint density at radius 1 is 1.30 bits per heavy atom. The van der Waals surface area contributed by atoms with E-state index in [1.807, 2.05) is 18.2 Å². The highest BCUT2D eigenvalue weighted by Gasteiger charge is 2.12. The number of furan rings is 1. The Morgan fingerprint density at radius 3 is 2.83 bits per heavy atom. The van der Waals surface area contributed by atoms with Crippen molar-refractivity contribution in [1.82, 2.24) is 9.88 Å². The van der Waals surface area contributed by atoms with Crippen molar-refractivity contribution in [2.45, 2.75) is 13.3 Å². The van der Waals surface area contributed by atoms with Gasteiger partial charge in [-0.05, 0) is 63.3 Å². The van der Waals surface area contributed by atoms with Crippen molar-refractivity contribution in [2.24, 2.45) is 0 Å². The maximum absolute atomic E-state index is 12.1. The van der Waals surface area contributed by atoms with E-state index in [0.717, 1.165) is 29.6 Å². The van der Waals surface area contributed by atoms with Gasteiger partial charge < -0.3 is 19.6 Å². The summed E-state index contributed by atoms with van der Waals surface area (Å²) in [6, 6.07) is 9.27. The van der Waals surface area contributed by atoms with Crippen LogP contribution in [-0.2, 0) is 6.42 Å². The SMILES string of the molecule is Cc1[nH]c2ccc(NC(=O)c3ccco3)cc2c1CCN(C)C. The topological polar surface area (TPSA) is 61.3 Å². The first-order valence-corrected chi connectivity index (χ1v) is 7.65. The predicted octanol–water partition coefficient (Wildman–Crippen LogP) is 3.43. The lowest BCUT2D eigenvalue weighted by molar-refractivity contribution is 0.0996. The van der Waals surface area contributed by atoms with Crippen LogP contribution in [0.5, 0.6) is 0 Å². The molecular formula is C18H21N3O2. The van der Waals surface area contributed by atoms with Crippen molar-refractivity contribution in [3.63, 3.8) is 0 Å². The lowest BCUT2D eigenvalue weighted by Crippen LogP contribution is -2.15. The molecule has 5 nitrogen and oxygen atoms in total. The molecule has 0 radical (unpaired) electrons. The molecule has 5 heteroatoms. The van der Waals surface area contributed by atoms with Crippen LogP contribution >= 0.6 is 0 Å². The number of likely N-dealkylation sites (N-methyl/N-ethyl adjacent to an activating group) is 1. The first kappa shape index (κ1) is 15.4. The number of hydrogen-bond donors (Lipinski definition) is 2. The van der Waals surface area contributed by atoms with Crippen LogP contribution in [0.2, 0.25) is 0 Å². The zero-order valence-electron chi connectivity index (χ0n) is 13.6. The summed E-state index contributed by atoms with van der Waals surface area (Å²) in [4.78, 5) is 17.7. The van der Waals surface area contributed by atoms with E-state index in [1.165, 1.54) is 17.5 Å². The van der Waals surface area contributed by atoms with E-state index in [4.69, 9.17) is 4.42 Å². The van der Waals surface area contributed by atoms with Gasteiger partial charge in [0.05, 0.1) is 6.26 Å². The Kier molecular flexibility index (Phi) is 4.21. The van der Waals surface area contributed by atoms with Gasteiger partial charge in [0.1, 0.15) is 0 Å². The summed E-state index contributed by atoms with van der Waals surface area (Å²) in [5, 5.41) is 4.04. The molecule has 1 aromatic carbocycles. The van der Waals surface area contributed by atoms with E-state index in [0.29, 0.717) is 5.76 Å². The fourth-order valence-corrected chi connectivity index (χ4v) is 2.72. The highest BCUT2D eigenvalue weighted by Crippen LogP contribution is 2.26. The fourth-order valence-electron chi connectivity index (χ4n) is 2.72. The van der Waals surface area contributed by atoms with Crippen molar-refractivity contribution in [1.29, 1.82) is 0 Å². The number of H-pyrrole nitrogens is 1. The number of fused-ring (bicyclic) bond motifs is 1. The van der Waals surface area contributed by atoms with Crippen LogP contribution in [0.25, 0.3) is 10.9 Å². The van der Waals surface area contributed by atoms with Gasteiger partial charge in [-0.3, -0.25) is 4.79 Å². The summed E-state index contributed by atoms with van der Waals surface area (Å²) in [6.07, 6.45) is 2.46. The molecule has 0 fully saturated rings. The van der Waals surface area contributed by atoms with Crippen molar-refractivity contribution in [3.8, 4) is 0 Å². The van der Waals surface area contributed by atoms with Crippen LogP contribution < -0.4 is 5.32 Å². The van der Waals surface area contributed by atoms with E-state index < -0.39 is 0 Å². The average molecular weight is 311 g/mol. The Morgan fingerprint density at radius 2 is 2.13 bits per heavy atom. The second kappa shape index (κ2) is 6.30. The number of amides is 1. The van der Waals surface area contributed by atoms with Gasteiger partial charge in [-0.15, -0.1) is 0 Å². The Bertz CT molecular complexity index is 816.